The van der Waals surface area contributed by atoms with Crippen LogP contribution >= 0.6 is 0 Å². The molecule has 0 radical (unpaired) electrons. The third-order valence-corrected chi connectivity index (χ3v) is 4.20. The summed E-state index contributed by atoms with van der Waals surface area (Å²) in [6, 6.07) is 7.86. The standard InChI is InChI=1S/C18H29NO2/c1-3-4-5-6-7-8-9-12-15-19-16-13-10-11-14-17(16)21-18(19,2)20/h10-11,13-14,20H,3-9,12,15H2,1-2H3/t18-/m1/s1. The summed E-state index contributed by atoms with van der Waals surface area (Å²) in [5.41, 5.74) is 1.01. The van der Waals surface area contributed by atoms with Crippen molar-refractivity contribution in [1.29, 1.82) is 0 Å². The van der Waals surface area contributed by atoms with Crippen molar-refractivity contribution in [3.63, 3.8) is 0 Å². The van der Waals surface area contributed by atoms with Gasteiger partial charge in [0.1, 0.15) is 5.75 Å². The van der Waals surface area contributed by atoms with Crippen LogP contribution in [-0.2, 0) is 0 Å². The minimum absolute atomic E-state index is 0.780. The van der Waals surface area contributed by atoms with Crippen LogP contribution in [0.4, 0.5) is 5.69 Å². The van der Waals surface area contributed by atoms with E-state index in [1.54, 1.807) is 6.92 Å². The molecular formula is C18H29NO2. The molecule has 1 atom stereocenters. The summed E-state index contributed by atoms with van der Waals surface area (Å²) in [6.45, 7) is 4.82. The molecule has 0 saturated carbocycles. The van der Waals surface area contributed by atoms with Gasteiger partial charge < -0.3 is 14.7 Å². The number of aliphatic hydroxyl groups is 1. The van der Waals surface area contributed by atoms with Crippen LogP contribution in [0, 0.1) is 0 Å². The summed E-state index contributed by atoms with van der Waals surface area (Å²) in [4.78, 5) is 1.97. The Labute approximate surface area is 128 Å². The number of rotatable bonds is 9. The van der Waals surface area contributed by atoms with Gasteiger partial charge in [-0.1, -0.05) is 64.0 Å². The molecule has 21 heavy (non-hydrogen) atoms. The normalized spacial score (nSPS) is 20.4. The zero-order valence-electron chi connectivity index (χ0n) is 13.5. The van der Waals surface area contributed by atoms with Crippen molar-refractivity contribution >= 4 is 5.69 Å². The Morgan fingerprint density at radius 3 is 2.33 bits per heavy atom. The predicted molar refractivity (Wildman–Crippen MR) is 87.6 cm³/mol. The molecule has 0 bridgehead atoms. The maximum atomic E-state index is 10.4. The number of hydrogen-bond donors (Lipinski definition) is 1. The van der Waals surface area contributed by atoms with E-state index in [4.69, 9.17) is 4.74 Å². The van der Waals surface area contributed by atoms with Gasteiger partial charge in [-0.15, -0.1) is 0 Å². The second kappa shape index (κ2) is 7.69. The molecular weight excluding hydrogens is 262 g/mol. The molecule has 1 heterocycles. The van der Waals surface area contributed by atoms with Crippen molar-refractivity contribution < 1.29 is 9.84 Å². The fourth-order valence-electron chi connectivity index (χ4n) is 2.99. The van der Waals surface area contributed by atoms with Crippen molar-refractivity contribution in [1.82, 2.24) is 0 Å². The molecule has 1 aromatic carbocycles. The van der Waals surface area contributed by atoms with Crippen molar-refractivity contribution in [2.45, 2.75) is 71.1 Å². The molecule has 3 nitrogen and oxygen atoms in total. The lowest BCUT2D eigenvalue weighted by Crippen LogP contribution is -2.47. The molecule has 0 aromatic heterocycles. The molecule has 0 amide bonds. The number of fused-ring (bicyclic) bond motifs is 1. The Kier molecular flexibility index (Phi) is 5.92. The number of benzene rings is 1. The van der Waals surface area contributed by atoms with E-state index in [2.05, 4.69) is 6.92 Å². The number of anilines is 1. The van der Waals surface area contributed by atoms with Crippen LogP contribution in [0.5, 0.6) is 5.75 Å². The van der Waals surface area contributed by atoms with E-state index in [9.17, 15) is 5.11 Å². The first-order valence-electron chi connectivity index (χ1n) is 8.43. The highest BCUT2D eigenvalue weighted by atomic mass is 16.7. The molecule has 0 unspecified atom stereocenters. The molecule has 2 rings (SSSR count). The topological polar surface area (TPSA) is 32.7 Å². The highest BCUT2D eigenvalue weighted by molar-refractivity contribution is 5.62. The predicted octanol–water partition coefficient (Wildman–Crippen LogP) is 4.69. The second-order valence-corrected chi connectivity index (χ2v) is 6.13. The average molecular weight is 291 g/mol. The molecule has 1 aromatic rings. The first-order chi connectivity index (χ1) is 10.1. The van der Waals surface area contributed by atoms with Gasteiger partial charge in [0, 0.05) is 13.5 Å². The van der Waals surface area contributed by atoms with Gasteiger partial charge in [-0.2, -0.15) is 0 Å². The fraction of sp³-hybridized carbons (Fsp3) is 0.667. The summed E-state index contributed by atoms with van der Waals surface area (Å²) in [7, 11) is 0. The van der Waals surface area contributed by atoms with Crippen LogP contribution in [0.2, 0.25) is 0 Å². The van der Waals surface area contributed by atoms with E-state index in [0.29, 0.717) is 0 Å². The quantitative estimate of drug-likeness (QED) is 0.670. The maximum absolute atomic E-state index is 10.4. The largest absolute Gasteiger partial charge is 0.442 e. The zero-order chi connectivity index (χ0) is 15.1. The van der Waals surface area contributed by atoms with Crippen LogP contribution in [0.1, 0.15) is 65.2 Å². The first kappa shape index (κ1) is 16.2. The molecule has 118 valence electrons. The smallest absolute Gasteiger partial charge is 0.289 e. The van der Waals surface area contributed by atoms with E-state index in [1.165, 1.54) is 44.9 Å². The Morgan fingerprint density at radius 2 is 1.62 bits per heavy atom. The van der Waals surface area contributed by atoms with Gasteiger partial charge in [0.05, 0.1) is 5.69 Å². The molecule has 1 N–H and O–H groups in total. The lowest BCUT2D eigenvalue weighted by atomic mass is 10.1. The summed E-state index contributed by atoms with van der Waals surface area (Å²) >= 11 is 0. The zero-order valence-corrected chi connectivity index (χ0v) is 13.5. The van der Waals surface area contributed by atoms with E-state index >= 15 is 0 Å². The number of para-hydroxylation sites is 2. The lowest BCUT2D eigenvalue weighted by Gasteiger charge is -2.29. The van der Waals surface area contributed by atoms with Crippen LogP contribution in [0.15, 0.2) is 24.3 Å². The molecule has 0 spiro atoms. The van der Waals surface area contributed by atoms with Crippen molar-refractivity contribution in [3.8, 4) is 5.75 Å². The first-order valence-corrected chi connectivity index (χ1v) is 8.43. The van der Waals surface area contributed by atoms with Crippen LogP contribution in [0.3, 0.4) is 0 Å². The van der Waals surface area contributed by atoms with Gasteiger partial charge in [0.15, 0.2) is 0 Å². The van der Waals surface area contributed by atoms with Crippen molar-refractivity contribution in [3.05, 3.63) is 24.3 Å². The van der Waals surface area contributed by atoms with E-state index in [-0.39, 0.29) is 0 Å². The van der Waals surface area contributed by atoms with Gasteiger partial charge in [-0.05, 0) is 18.6 Å². The Hall–Kier alpha value is -1.22. The SMILES string of the molecule is CCCCCCCCCCN1c2ccccc2O[C@@]1(C)O. The Bertz CT molecular complexity index is 431. The lowest BCUT2D eigenvalue weighted by molar-refractivity contribution is -0.107. The average Bonchev–Trinajstić information content (AvgIpc) is 2.72. The monoisotopic (exact) mass is 291 g/mol. The molecule has 1 aliphatic rings. The minimum atomic E-state index is -1.20. The highest BCUT2D eigenvalue weighted by Gasteiger charge is 2.39. The third kappa shape index (κ3) is 4.37. The fourth-order valence-corrected chi connectivity index (χ4v) is 2.99. The molecule has 0 fully saturated rings. The van der Waals surface area contributed by atoms with Crippen molar-refractivity contribution in [2.75, 3.05) is 11.4 Å². The molecule has 3 heteroatoms. The highest BCUT2D eigenvalue weighted by Crippen LogP contribution is 2.40. The van der Waals surface area contributed by atoms with E-state index in [1.807, 2.05) is 29.2 Å². The van der Waals surface area contributed by atoms with Crippen LogP contribution in [-0.4, -0.2) is 17.6 Å². The molecule has 0 saturated heterocycles. The number of nitrogens with zero attached hydrogens (tertiary/aromatic N) is 1. The van der Waals surface area contributed by atoms with E-state index in [0.717, 1.165) is 24.4 Å². The number of ether oxygens (including phenoxy) is 1. The number of unbranched alkanes of at least 4 members (excludes halogenated alkanes) is 7. The molecule has 1 aliphatic heterocycles. The van der Waals surface area contributed by atoms with Gasteiger partial charge in [0.2, 0.25) is 0 Å². The molecule has 0 aliphatic carbocycles. The Morgan fingerprint density at radius 1 is 1.00 bits per heavy atom. The number of hydrogen-bond acceptors (Lipinski definition) is 3. The maximum Gasteiger partial charge on any atom is 0.289 e. The summed E-state index contributed by atoms with van der Waals surface area (Å²) < 4.78 is 5.61. The van der Waals surface area contributed by atoms with Crippen LogP contribution in [0.25, 0.3) is 0 Å². The van der Waals surface area contributed by atoms with Gasteiger partial charge in [-0.3, -0.25) is 0 Å². The van der Waals surface area contributed by atoms with Gasteiger partial charge in [-0.25, -0.2) is 0 Å². The van der Waals surface area contributed by atoms with Gasteiger partial charge >= 0.3 is 0 Å². The third-order valence-electron chi connectivity index (χ3n) is 4.20. The summed E-state index contributed by atoms with van der Waals surface area (Å²) in [5, 5.41) is 10.4. The second-order valence-electron chi connectivity index (χ2n) is 6.13. The minimum Gasteiger partial charge on any atom is -0.442 e. The Balaban J connectivity index is 1.70. The van der Waals surface area contributed by atoms with E-state index < -0.39 is 5.91 Å². The van der Waals surface area contributed by atoms with Crippen molar-refractivity contribution in [2.24, 2.45) is 0 Å². The summed E-state index contributed by atoms with van der Waals surface area (Å²) in [6.07, 6.45) is 10.4. The van der Waals surface area contributed by atoms with Crippen LogP contribution < -0.4 is 9.64 Å². The summed E-state index contributed by atoms with van der Waals surface area (Å²) in [5.74, 6) is -0.424. The van der Waals surface area contributed by atoms with Gasteiger partial charge in [0.25, 0.3) is 5.91 Å².